The SMILES string of the molecule is Cn1cncc1-c1ncc(CO)c(C(F)(F)F)n1. The molecule has 2 rings (SSSR count). The maximum Gasteiger partial charge on any atom is 0.433 e. The highest BCUT2D eigenvalue weighted by Crippen LogP contribution is 2.31. The van der Waals surface area contributed by atoms with Crippen LogP contribution in [0, 0.1) is 0 Å². The van der Waals surface area contributed by atoms with Gasteiger partial charge in [0.25, 0.3) is 0 Å². The highest BCUT2D eigenvalue weighted by molar-refractivity contribution is 5.49. The Balaban J connectivity index is 2.57. The second-order valence-electron chi connectivity index (χ2n) is 3.61. The van der Waals surface area contributed by atoms with Crippen molar-refractivity contribution in [3.63, 3.8) is 0 Å². The molecule has 0 aliphatic carbocycles. The Morgan fingerprint density at radius 1 is 1.33 bits per heavy atom. The van der Waals surface area contributed by atoms with E-state index in [1.54, 1.807) is 7.05 Å². The molecule has 0 aliphatic heterocycles. The number of aliphatic hydroxyl groups excluding tert-OH is 1. The summed E-state index contributed by atoms with van der Waals surface area (Å²) in [5, 5.41) is 8.86. The normalized spacial score (nSPS) is 11.8. The van der Waals surface area contributed by atoms with Crippen LogP contribution in [-0.2, 0) is 19.8 Å². The highest BCUT2D eigenvalue weighted by atomic mass is 19.4. The molecule has 0 aromatic carbocycles. The summed E-state index contributed by atoms with van der Waals surface area (Å²) in [5.74, 6) is -0.0838. The first-order chi connectivity index (χ1) is 8.43. The van der Waals surface area contributed by atoms with Gasteiger partial charge in [-0.1, -0.05) is 0 Å². The fourth-order valence-corrected chi connectivity index (χ4v) is 1.46. The predicted octanol–water partition coefficient (Wildman–Crippen LogP) is 1.39. The number of rotatable bonds is 2. The van der Waals surface area contributed by atoms with Crippen molar-refractivity contribution in [3.8, 4) is 11.5 Å². The van der Waals surface area contributed by atoms with Crippen LogP contribution in [-0.4, -0.2) is 24.6 Å². The summed E-state index contributed by atoms with van der Waals surface area (Å²) in [5.41, 5.74) is -1.12. The molecule has 0 fully saturated rings. The van der Waals surface area contributed by atoms with Crippen molar-refractivity contribution in [2.75, 3.05) is 0 Å². The van der Waals surface area contributed by atoms with Gasteiger partial charge in [0.05, 0.1) is 19.1 Å². The van der Waals surface area contributed by atoms with Crippen molar-refractivity contribution < 1.29 is 18.3 Å². The van der Waals surface area contributed by atoms with Crippen molar-refractivity contribution >= 4 is 0 Å². The lowest BCUT2D eigenvalue weighted by atomic mass is 10.2. The van der Waals surface area contributed by atoms with Crippen molar-refractivity contribution in [3.05, 3.63) is 30.0 Å². The monoisotopic (exact) mass is 258 g/mol. The lowest BCUT2D eigenvalue weighted by Gasteiger charge is -2.11. The summed E-state index contributed by atoms with van der Waals surface area (Å²) >= 11 is 0. The molecule has 0 radical (unpaired) electrons. The van der Waals surface area contributed by atoms with E-state index < -0.39 is 18.5 Å². The number of hydrogen-bond donors (Lipinski definition) is 1. The number of aliphatic hydroxyl groups is 1. The van der Waals surface area contributed by atoms with E-state index in [4.69, 9.17) is 5.11 Å². The van der Waals surface area contributed by atoms with Crippen molar-refractivity contribution in [2.24, 2.45) is 7.05 Å². The molecule has 8 heteroatoms. The van der Waals surface area contributed by atoms with E-state index in [0.29, 0.717) is 5.69 Å². The molecular weight excluding hydrogens is 249 g/mol. The van der Waals surface area contributed by atoms with E-state index in [9.17, 15) is 13.2 Å². The number of aromatic nitrogens is 4. The van der Waals surface area contributed by atoms with Gasteiger partial charge in [0.2, 0.25) is 0 Å². The Labute approximate surface area is 100.0 Å². The predicted molar refractivity (Wildman–Crippen MR) is 55.2 cm³/mol. The van der Waals surface area contributed by atoms with Crippen molar-refractivity contribution in [2.45, 2.75) is 12.8 Å². The minimum Gasteiger partial charge on any atom is -0.392 e. The van der Waals surface area contributed by atoms with E-state index in [-0.39, 0.29) is 11.4 Å². The first-order valence-corrected chi connectivity index (χ1v) is 4.94. The topological polar surface area (TPSA) is 63.8 Å². The van der Waals surface area contributed by atoms with Crippen LogP contribution in [0.1, 0.15) is 11.3 Å². The molecule has 5 nitrogen and oxygen atoms in total. The van der Waals surface area contributed by atoms with Crippen LogP contribution in [0.15, 0.2) is 18.7 Å². The summed E-state index contributed by atoms with van der Waals surface area (Å²) in [6.45, 7) is -0.763. The zero-order valence-corrected chi connectivity index (χ0v) is 9.31. The molecule has 0 aliphatic rings. The third-order valence-corrected chi connectivity index (χ3v) is 2.35. The minimum absolute atomic E-state index is 0.0838. The smallest absolute Gasteiger partial charge is 0.392 e. The number of nitrogens with zero attached hydrogens (tertiary/aromatic N) is 4. The third-order valence-electron chi connectivity index (χ3n) is 2.35. The molecule has 2 heterocycles. The summed E-state index contributed by atoms with van der Waals surface area (Å²) in [6, 6.07) is 0. The summed E-state index contributed by atoms with van der Waals surface area (Å²) in [4.78, 5) is 11.0. The van der Waals surface area contributed by atoms with Crippen LogP contribution in [0.2, 0.25) is 0 Å². The zero-order valence-electron chi connectivity index (χ0n) is 9.31. The van der Waals surface area contributed by atoms with Gasteiger partial charge in [-0.3, -0.25) is 0 Å². The Morgan fingerprint density at radius 3 is 2.56 bits per heavy atom. The van der Waals surface area contributed by atoms with Crippen LogP contribution in [0.5, 0.6) is 0 Å². The molecule has 18 heavy (non-hydrogen) atoms. The fraction of sp³-hybridized carbons (Fsp3) is 0.300. The van der Waals surface area contributed by atoms with E-state index in [1.807, 2.05) is 0 Å². The molecule has 0 bridgehead atoms. The molecule has 0 amide bonds. The van der Waals surface area contributed by atoms with Gasteiger partial charge < -0.3 is 9.67 Å². The summed E-state index contributed by atoms with van der Waals surface area (Å²) < 4.78 is 39.7. The third kappa shape index (κ3) is 2.19. The van der Waals surface area contributed by atoms with Crippen molar-refractivity contribution in [1.82, 2.24) is 19.5 Å². The van der Waals surface area contributed by atoms with Gasteiger partial charge in [0.15, 0.2) is 11.5 Å². The molecule has 2 aromatic heterocycles. The number of hydrogen-bond acceptors (Lipinski definition) is 4. The number of aryl methyl sites for hydroxylation is 1. The molecular formula is C10H9F3N4O. The number of imidazole rings is 1. The largest absolute Gasteiger partial charge is 0.433 e. The van der Waals surface area contributed by atoms with Crippen LogP contribution in [0.3, 0.4) is 0 Å². The molecule has 0 atom stereocenters. The van der Waals surface area contributed by atoms with Crippen LogP contribution in [0.25, 0.3) is 11.5 Å². The molecule has 96 valence electrons. The first-order valence-electron chi connectivity index (χ1n) is 4.94. The second-order valence-corrected chi connectivity index (χ2v) is 3.61. The minimum atomic E-state index is -4.63. The summed E-state index contributed by atoms with van der Waals surface area (Å²) in [6.07, 6.45) is -0.855. The van der Waals surface area contributed by atoms with Crippen LogP contribution in [0.4, 0.5) is 13.2 Å². The Hall–Kier alpha value is -1.96. The average Bonchev–Trinajstić information content (AvgIpc) is 2.73. The Morgan fingerprint density at radius 2 is 2.06 bits per heavy atom. The fourth-order valence-electron chi connectivity index (χ4n) is 1.46. The van der Waals surface area contributed by atoms with E-state index >= 15 is 0 Å². The maximum absolute atomic E-state index is 12.7. The van der Waals surface area contributed by atoms with Crippen LogP contribution >= 0.6 is 0 Å². The van der Waals surface area contributed by atoms with Gasteiger partial charge >= 0.3 is 6.18 Å². The van der Waals surface area contributed by atoms with Gasteiger partial charge in [-0.15, -0.1) is 0 Å². The van der Waals surface area contributed by atoms with E-state index in [2.05, 4.69) is 15.0 Å². The summed E-state index contributed by atoms with van der Waals surface area (Å²) in [7, 11) is 1.62. The van der Waals surface area contributed by atoms with Gasteiger partial charge in [0, 0.05) is 18.8 Å². The second kappa shape index (κ2) is 4.37. The standard InChI is InChI=1S/C10H9F3N4O/c1-17-5-14-3-7(17)9-15-2-6(4-18)8(16-9)10(11,12)13/h2-3,5,18H,4H2,1H3. The maximum atomic E-state index is 12.7. The quantitative estimate of drug-likeness (QED) is 0.884. The molecule has 0 spiro atoms. The van der Waals surface area contributed by atoms with Crippen LogP contribution < -0.4 is 0 Å². The van der Waals surface area contributed by atoms with E-state index in [1.165, 1.54) is 17.1 Å². The number of halogens is 3. The lowest BCUT2D eigenvalue weighted by Crippen LogP contribution is -2.14. The molecule has 1 N–H and O–H groups in total. The van der Waals surface area contributed by atoms with E-state index in [0.717, 1.165) is 6.20 Å². The molecule has 0 saturated carbocycles. The van der Waals surface area contributed by atoms with Gasteiger partial charge in [-0.25, -0.2) is 15.0 Å². The van der Waals surface area contributed by atoms with Gasteiger partial charge in [-0.05, 0) is 0 Å². The number of alkyl halides is 3. The molecule has 0 saturated heterocycles. The zero-order chi connectivity index (χ0) is 13.3. The first kappa shape index (κ1) is 12.5. The Bertz CT molecular complexity index is 564. The Kier molecular flexibility index (Phi) is 3.04. The average molecular weight is 258 g/mol. The highest BCUT2D eigenvalue weighted by Gasteiger charge is 2.36. The molecule has 2 aromatic rings. The van der Waals surface area contributed by atoms with Gasteiger partial charge in [0.1, 0.15) is 5.69 Å². The lowest BCUT2D eigenvalue weighted by molar-refractivity contribution is -0.142. The van der Waals surface area contributed by atoms with Gasteiger partial charge in [-0.2, -0.15) is 13.2 Å². The molecule has 0 unspecified atom stereocenters. The van der Waals surface area contributed by atoms with Crippen molar-refractivity contribution in [1.29, 1.82) is 0 Å².